The van der Waals surface area contributed by atoms with Crippen LogP contribution in [0.2, 0.25) is 0 Å². The van der Waals surface area contributed by atoms with E-state index in [2.05, 4.69) is 100 Å². The molecule has 5 nitrogen and oxygen atoms in total. The van der Waals surface area contributed by atoms with Gasteiger partial charge >= 0.3 is 0 Å². The molecular formula is C40H54O5Si2. The predicted molar refractivity (Wildman–Crippen MR) is 202 cm³/mol. The van der Waals surface area contributed by atoms with Gasteiger partial charge in [0.1, 0.15) is 23.0 Å². The lowest BCUT2D eigenvalue weighted by atomic mass is 10.1. The Labute approximate surface area is 286 Å². The number of rotatable bonds is 18. The van der Waals surface area contributed by atoms with Gasteiger partial charge in [0.05, 0.1) is 26.4 Å². The zero-order valence-electron chi connectivity index (χ0n) is 29.8. The minimum Gasteiger partial charge on any atom is -0.494 e. The lowest BCUT2D eigenvalue weighted by molar-refractivity contribution is 0.336. The van der Waals surface area contributed by atoms with Crippen molar-refractivity contribution in [2.75, 3.05) is 26.4 Å². The summed E-state index contributed by atoms with van der Waals surface area (Å²) in [4.78, 5) is 0. The van der Waals surface area contributed by atoms with Crippen molar-refractivity contribution in [3.8, 4) is 23.0 Å². The number of ether oxygens (including phenoxy) is 4. The van der Waals surface area contributed by atoms with Crippen molar-refractivity contribution < 1.29 is 23.1 Å². The van der Waals surface area contributed by atoms with Gasteiger partial charge in [0.15, 0.2) is 0 Å². The number of aryl methyl sites for hydroxylation is 4. The molecule has 7 heteroatoms. The maximum Gasteiger partial charge on any atom is 0.228 e. The zero-order valence-corrected chi connectivity index (χ0v) is 32.1. The highest BCUT2D eigenvalue weighted by Gasteiger charge is 2.29. The van der Waals surface area contributed by atoms with Crippen LogP contribution in [-0.4, -0.2) is 44.5 Å². The van der Waals surface area contributed by atoms with Crippen LogP contribution >= 0.6 is 0 Å². The molecule has 0 aliphatic rings. The van der Waals surface area contributed by atoms with Crippen LogP contribution < -0.4 is 39.7 Å². The highest BCUT2D eigenvalue weighted by molar-refractivity contribution is 6.91. The Balaban J connectivity index is 1.94. The topological polar surface area (TPSA) is 46.2 Å². The lowest BCUT2D eigenvalue weighted by Crippen LogP contribution is -2.56. The Morgan fingerprint density at radius 3 is 0.787 bits per heavy atom. The molecule has 0 aliphatic heterocycles. The first kappa shape index (κ1) is 36.3. The molecule has 0 saturated heterocycles. The average Bonchev–Trinajstić information content (AvgIpc) is 3.10. The first-order valence-corrected chi connectivity index (χ1v) is 20.9. The normalized spacial score (nSPS) is 11.3. The van der Waals surface area contributed by atoms with E-state index >= 15 is 0 Å². The fourth-order valence-corrected chi connectivity index (χ4v) is 13.0. The van der Waals surface area contributed by atoms with Crippen LogP contribution in [0.25, 0.3) is 0 Å². The van der Waals surface area contributed by atoms with Crippen LogP contribution in [0.4, 0.5) is 0 Å². The standard InChI is InChI=1S/C40H54O5Si2/c1-9-29-25-33(17-21-37(29)41-13-5)46(34-18-22-38(42-14-6)30(10-2)26-34)45-47(35-19-23-39(43-15-7)31(11-3)27-35)36-20-24-40(44-16-8)32(12-4)28-36/h17-28,46-47H,9-16H2,1-8H3. The Kier molecular flexibility index (Phi) is 14.0. The maximum atomic E-state index is 7.71. The van der Waals surface area contributed by atoms with Crippen LogP contribution in [0.3, 0.4) is 0 Å². The van der Waals surface area contributed by atoms with Crippen molar-refractivity contribution in [3.05, 3.63) is 95.1 Å². The molecule has 0 amide bonds. The van der Waals surface area contributed by atoms with E-state index in [-0.39, 0.29) is 0 Å². The van der Waals surface area contributed by atoms with Gasteiger partial charge in [0.2, 0.25) is 18.1 Å². The summed E-state index contributed by atoms with van der Waals surface area (Å²) in [5.41, 5.74) is 4.87. The summed E-state index contributed by atoms with van der Waals surface area (Å²) in [6, 6.07) is 26.9. The molecule has 0 radical (unpaired) electrons. The minimum atomic E-state index is -2.23. The van der Waals surface area contributed by atoms with Crippen molar-refractivity contribution in [2.45, 2.75) is 81.1 Å². The zero-order chi connectivity index (χ0) is 33.8. The fraction of sp³-hybridized carbons (Fsp3) is 0.400. The lowest BCUT2D eigenvalue weighted by Gasteiger charge is -2.27. The summed E-state index contributed by atoms with van der Waals surface area (Å²) in [6.07, 6.45) is 3.58. The van der Waals surface area contributed by atoms with E-state index in [1.54, 1.807) is 0 Å². The van der Waals surface area contributed by atoms with Crippen molar-refractivity contribution in [2.24, 2.45) is 0 Å². The summed E-state index contributed by atoms with van der Waals surface area (Å²) in [6.45, 7) is 19.5. The van der Waals surface area contributed by atoms with Gasteiger partial charge in [0.25, 0.3) is 0 Å². The third-order valence-electron chi connectivity index (χ3n) is 8.54. The first-order chi connectivity index (χ1) is 22.9. The molecule has 0 aromatic heterocycles. The smallest absolute Gasteiger partial charge is 0.228 e. The second-order valence-corrected chi connectivity index (χ2v) is 16.8. The van der Waals surface area contributed by atoms with Crippen molar-refractivity contribution in [1.82, 2.24) is 0 Å². The molecule has 0 spiro atoms. The second-order valence-electron chi connectivity index (χ2n) is 11.5. The molecule has 47 heavy (non-hydrogen) atoms. The van der Waals surface area contributed by atoms with Gasteiger partial charge in [-0.1, -0.05) is 76.2 Å². The van der Waals surface area contributed by atoms with Crippen molar-refractivity contribution in [1.29, 1.82) is 0 Å². The van der Waals surface area contributed by atoms with E-state index in [4.69, 9.17) is 23.1 Å². The summed E-state index contributed by atoms with van der Waals surface area (Å²) in [5.74, 6) is 3.83. The van der Waals surface area contributed by atoms with Gasteiger partial charge in [-0.3, -0.25) is 0 Å². The van der Waals surface area contributed by atoms with Gasteiger partial charge in [-0.2, -0.15) is 0 Å². The van der Waals surface area contributed by atoms with E-state index in [1.807, 2.05) is 27.7 Å². The predicted octanol–water partition coefficient (Wildman–Crippen LogP) is 5.92. The van der Waals surface area contributed by atoms with Crippen LogP contribution in [-0.2, 0) is 29.8 Å². The van der Waals surface area contributed by atoms with Crippen molar-refractivity contribution >= 4 is 38.8 Å². The molecule has 0 unspecified atom stereocenters. The van der Waals surface area contributed by atoms with Gasteiger partial charge in [-0.05, 0) is 121 Å². The molecule has 4 aromatic rings. The first-order valence-electron chi connectivity index (χ1n) is 17.6. The molecule has 0 heterocycles. The molecule has 252 valence electrons. The third-order valence-corrected chi connectivity index (χ3v) is 14.6. The Hall–Kier alpha value is -3.53. The highest BCUT2D eigenvalue weighted by Crippen LogP contribution is 2.23. The summed E-state index contributed by atoms with van der Waals surface area (Å²) < 4.78 is 31.8. The number of hydrogen-bond donors (Lipinski definition) is 0. The molecule has 0 bridgehead atoms. The Morgan fingerprint density at radius 2 is 0.596 bits per heavy atom. The molecule has 0 saturated carbocycles. The van der Waals surface area contributed by atoms with Crippen LogP contribution in [0.5, 0.6) is 23.0 Å². The maximum absolute atomic E-state index is 7.71. The van der Waals surface area contributed by atoms with E-state index in [1.165, 1.54) is 43.0 Å². The molecule has 4 rings (SSSR count). The number of benzene rings is 4. The quantitative estimate of drug-likeness (QED) is 0.123. The van der Waals surface area contributed by atoms with Gasteiger partial charge < -0.3 is 23.1 Å². The van der Waals surface area contributed by atoms with Gasteiger partial charge in [-0.25, -0.2) is 0 Å². The second kappa shape index (κ2) is 18.1. The van der Waals surface area contributed by atoms with Crippen molar-refractivity contribution in [3.63, 3.8) is 0 Å². The van der Waals surface area contributed by atoms with Gasteiger partial charge in [-0.15, -0.1) is 0 Å². The molecule has 0 aliphatic carbocycles. The molecule has 0 N–H and O–H groups in total. The monoisotopic (exact) mass is 670 g/mol. The third kappa shape index (κ3) is 8.89. The summed E-state index contributed by atoms with van der Waals surface area (Å²) in [5, 5.41) is 5.05. The minimum absolute atomic E-state index is 0.645. The SMILES string of the molecule is CCOc1ccc([SiH](O[SiH](c2ccc(OCC)c(CC)c2)c2ccc(OCC)c(CC)c2)c2ccc(OCC)c(CC)c2)cc1CC. The highest BCUT2D eigenvalue weighted by atomic mass is 28.4. The molecule has 4 aromatic carbocycles. The average molecular weight is 671 g/mol. The number of hydrogen-bond acceptors (Lipinski definition) is 5. The van der Waals surface area contributed by atoms with Crippen LogP contribution in [0.1, 0.15) is 77.6 Å². The fourth-order valence-electron chi connectivity index (χ4n) is 6.18. The van der Waals surface area contributed by atoms with Crippen LogP contribution in [0.15, 0.2) is 72.8 Å². The Morgan fingerprint density at radius 1 is 0.362 bits per heavy atom. The summed E-state index contributed by atoms with van der Waals surface area (Å²) in [7, 11) is -4.45. The van der Waals surface area contributed by atoms with Crippen LogP contribution in [0, 0.1) is 0 Å². The largest absolute Gasteiger partial charge is 0.494 e. The van der Waals surface area contributed by atoms with Gasteiger partial charge in [0, 0.05) is 0 Å². The van der Waals surface area contributed by atoms with E-state index in [0.29, 0.717) is 26.4 Å². The summed E-state index contributed by atoms with van der Waals surface area (Å²) >= 11 is 0. The Bertz CT molecular complexity index is 1360. The van der Waals surface area contributed by atoms with E-state index in [0.717, 1.165) is 48.7 Å². The molecule has 0 atom stereocenters. The van der Waals surface area contributed by atoms with E-state index < -0.39 is 18.1 Å². The van der Waals surface area contributed by atoms with E-state index in [9.17, 15) is 0 Å². The molecular weight excluding hydrogens is 617 g/mol. The molecule has 0 fully saturated rings.